The van der Waals surface area contributed by atoms with Crippen LogP contribution in [0.5, 0.6) is 0 Å². The molecule has 0 saturated heterocycles. The summed E-state index contributed by atoms with van der Waals surface area (Å²) < 4.78 is 5.81. The minimum atomic E-state index is 0.390. The highest BCUT2D eigenvalue weighted by Gasteiger charge is 1.97. The van der Waals surface area contributed by atoms with Gasteiger partial charge >= 0.3 is 0 Å². The first kappa shape index (κ1) is 29.9. The Hall–Kier alpha value is -0.0800. The summed E-state index contributed by atoms with van der Waals surface area (Å²) in [6.07, 6.45) is 32.0. The normalized spacial score (nSPS) is 12.5. The molecule has 2 nitrogen and oxygen atoms in total. The lowest BCUT2D eigenvalue weighted by Crippen LogP contribution is -2.13. The summed E-state index contributed by atoms with van der Waals surface area (Å²) in [5, 5.41) is 0. The molecule has 30 heavy (non-hydrogen) atoms. The van der Waals surface area contributed by atoms with Crippen LogP contribution in [0, 0.1) is 0 Å². The molecule has 0 heterocycles. The molecule has 1 atom stereocenters. The molecule has 0 aromatic heterocycles. The predicted octanol–water partition coefficient (Wildman–Crippen LogP) is 9.34. The van der Waals surface area contributed by atoms with Crippen LogP contribution in [-0.2, 0) is 4.74 Å². The number of rotatable bonds is 26. The molecule has 0 fully saturated rings. The second-order valence-corrected chi connectivity index (χ2v) is 9.80. The second-order valence-electron chi connectivity index (χ2n) is 9.80. The quantitative estimate of drug-likeness (QED) is 0.140. The lowest BCUT2D eigenvalue weighted by atomic mass is 10.0. The Morgan fingerprint density at radius 2 is 0.767 bits per heavy atom. The first-order valence-electron chi connectivity index (χ1n) is 14.1. The molecule has 0 aliphatic carbocycles. The van der Waals surface area contributed by atoms with Crippen LogP contribution >= 0.6 is 0 Å². The van der Waals surface area contributed by atoms with Gasteiger partial charge in [0.05, 0.1) is 0 Å². The zero-order valence-corrected chi connectivity index (χ0v) is 21.2. The average Bonchev–Trinajstić information content (AvgIpc) is 2.73. The summed E-state index contributed by atoms with van der Waals surface area (Å²) in [7, 11) is 0. The van der Waals surface area contributed by atoms with E-state index < -0.39 is 0 Å². The molecular weight excluding hydrogens is 366 g/mol. The van der Waals surface area contributed by atoms with Crippen LogP contribution in [0.4, 0.5) is 0 Å². The van der Waals surface area contributed by atoms with E-state index in [0.717, 1.165) is 13.2 Å². The predicted molar refractivity (Wildman–Crippen MR) is 136 cm³/mol. The molecule has 0 spiro atoms. The molecule has 0 aromatic carbocycles. The van der Waals surface area contributed by atoms with Crippen LogP contribution in [0.1, 0.15) is 162 Å². The van der Waals surface area contributed by atoms with Crippen molar-refractivity contribution in [2.24, 2.45) is 5.73 Å². The van der Waals surface area contributed by atoms with Gasteiger partial charge in [-0.2, -0.15) is 0 Å². The van der Waals surface area contributed by atoms with E-state index in [1.54, 1.807) is 0 Å². The Morgan fingerprint density at radius 3 is 1.10 bits per heavy atom. The highest BCUT2D eigenvalue weighted by Crippen LogP contribution is 2.13. The summed E-state index contributed by atoms with van der Waals surface area (Å²) in [6, 6.07) is 0.390. The van der Waals surface area contributed by atoms with Crippen molar-refractivity contribution in [3.63, 3.8) is 0 Å². The lowest BCUT2D eigenvalue weighted by Gasteiger charge is -2.06. The lowest BCUT2D eigenvalue weighted by molar-refractivity contribution is 0.125. The van der Waals surface area contributed by atoms with E-state index in [0.29, 0.717) is 6.04 Å². The fraction of sp³-hybridized carbons (Fsp3) is 1.00. The van der Waals surface area contributed by atoms with Gasteiger partial charge in [-0.1, -0.05) is 135 Å². The third kappa shape index (κ3) is 27.9. The molecular formula is C28H59NO. The minimum absolute atomic E-state index is 0.390. The molecule has 0 bridgehead atoms. The third-order valence-corrected chi connectivity index (χ3v) is 6.34. The SMILES string of the molecule is CCCCCCCCCCCCOCCCCCCCCCCCCCCC(C)N. The van der Waals surface area contributed by atoms with Gasteiger partial charge in [-0.3, -0.25) is 0 Å². The molecule has 0 aromatic rings. The molecule has 0 saturated carbocycles. The number of hydrogen-bond acceptors (Lipinski definition) is 2. The summed E-state index contributed by atoms with van der Waals surface area (Å²) in [5.74, 6) is 0. The molecule has 2 heteroatoms. The summed E-state index contributed by atoms with van der Waals surface area (Å²) in [6.45, 7) is 6.38. The van der Waals surface area contributed by atoms with Crippen molar-refractivity contribution in [1.82, 2.24) is 0 Å². The van der Waals surface area contributed by atoms with Crippen molar-refractivity contribution in [1.29, 1.82) is 0 Å². The van der Waals surface area contributed by atoms with Gasteiger partial charge in [0.1, 0.15) is 0 Å². The van der Waals surface area contributed by atoms with Crippen molar-refractivity contribution in [3.05, 3.63) is 0 Å². The molecule has 0 radical (unpaired) electrons. The Labute approximate surface area is 191 Å². The summed E-state index contributed by atoms with van der Waals surface area (Å²) in [4.78, 5) is 0. The smallest absolute Gasteiger partial charge is 0.0466 e. The maximum absolute atomic E-state index is 5.81. The van der Waals surface area contributed by atoms with Crippen LogP contribution in [0.3, 0.4) is 0 Å². The summed E-state index contributed by atoms with van der Waals surface area (Å²) >= 11 is 0. The van der Waals surface area contributed by atoms with Gasteiger partial charge in [0.15, 0.2) is 0 Å². The number of nitrogens with two attached hydrogens (primary N) is 1. The van der Waals surface area contributed by atoms with Gasteiger partial charge in [0.25, 0.3) is 0 Å². The molecule has 1 unspecified atom stereocenters. The van der Waals surface area contributed by atoms with Crippen LogP contribution in [0.25, 0.3) is 0 Å². The van der Waals surface area contributed by atoms with Crippen LogP contribution < -0.4 is 5.73 Å². The number of hydrogen-bond donors (Lipinski definition) is 1. The zero-order chi connectivity index (χ0) is 22.0. The van der Waals surface area contributed by atoms with E-state index in [9.17, 15) is 0 Å². The van der Waals surface area contributed by atoms with E-state index in [4.69, 9.17) is 10.5 Å². The molecule has 0 rings (SSSR count). The molecule has 0 amide bonds. The van der Waals surface area contributed by atoms with Crippen molar-refractivity contribution >= 4 is 0 Å². The maximum atomic E-state index is 5.81. The van der Waals surface area contributed by atoms with Gasteiger partial charge in [0, 0.05) is 19.3 Å². The van der Waals surface area contributed by atoms with Crippen LogP contribution in [0.15, 0.2) is 0 Å². The first-order valence-corrected chi connectivity index (χ1v) is 14.1. The van der Waals surface area contributed by atoms with Crippen molar-refractivity contribution in [2.45, 2.75) is 168 Å². The minimum Gasteiger partial charge on any atom is -0.381 e. The highest BCUT2D eigenvalue weighted by molar-refractivity contribution is 4.54. The largest absolute Gasteiger partial charge is 0.381 e. The van der Waals surface area contributed by atoms with Gasteiger partial charge in [-0.25, -0.2) is 0 Å². The van der Waals surface area contributed by atoms with Crippen molar-refractivity contribution < 1.29 is 4.74 Å². The Bertz CT molecular complexity index is 292. The topological polar surface area (TPSA) is 35.2 Å². The third-order valence-electron chi connectivity index (χ3n) is 6.34. The van der Waals surface area contributed by atoms with Gasteiger partial charge in [-0.05, 0) is 26.2 Å². The summed E-state index contributed by atoms with van der Waals surface area (Å²) in [5.41, 5.74) is 5.78. The van der Waals surface area contributed by atoms with E-state index in [-0.39, 0.29) is 0 Å². The number of ether oxygens (including phenoxy) is 1. The molecule has 0 aliphatic rings. The zero-order valence-electron chi connectivity index (χ0n) is 21.2. The second kappa shape index (κ2) is 27.0. The first-order chi connectivity index (χ1) is 14.8. The Morgan fingerprint density at radius 1 is 0.467 bits per heavy atom. The van der Waals surface area contributed by atoms with E-state index in [1.165, 1.54) is 148 Å². The monoisotopic (exact) mass is 425 g/mol. The molecule has 2 N–H and O–H groups in total. The van der Waals surface area contributed by atoms with E-state index in [2.05, 4.69) is 13.8 Å². The van der Waals surface area contributed by atoms with Crippen molar-refractivity contribution in [2.75, 3.05) is 13.2 Å². The number of unbranched alkanes of at least 4 members (excludes halogenated alkanes) is 20. The Balaban J connectivity index is 2.99. The average molecular weight is 426 g/mol. The van der Waals surface area contributed by atoms with E-state index >= 15 is 0 Å². The van der Waals surface area contributed by atoms with Crippen LogP contribution in [0.2, 0.25) is 0 Å². The van der Waals surface area contributed by atoms with Gasteiger partial charge in [0.2, 0.25) is 0 Å². The van der Waals surface area contributed by atoms with E-state index in [1.807, 2.05) is 0 Å². The van der Waals surface area contributed by atoms with Gasteiger partial charge in [-0.15, -0.1) is 0 Å². The fourth-order valence-electron chi connectivity index (χ4n) is 4.23. The van der Waals surface area contributed by atoms with Crippen LogP contribution in [-0.4, -0.2) is 19.3 Å². The Kier molecular flexibility index (Phi) is 26.9. The fourth-order valence-corrected chi connectivity index (χ4v) is 4.23. The standard InChI is InChI=1S/C28H59NO/c1-3-4-5-6-7-8-14-17-20-23-26-30-27-24-21-18-15-12-10-9-11-13-16-19-22-25-28(2)29/h28H,3-27,29H2,1-2H3. The molecule has 182 valence electrons. The maximum Gasteiger partial charge on any atom is 0.0466 e. The van der Waals surface area contributed by atoms with Gasteiger partial charge < -0.3 is 10.5 Å². The van der Waals surface area contributed by atoms with Crippen molar-refractivity contribution in [3.8, 4) is 0 Å². The highest BCUT2D eigenvalue weighted by atomic mass is 16.5. The molecule has 0 aliphatic heterocycles.